The van der Waals surface area contributed by atoms with Crippen LogP contribution in [0.5, 0.6) is 0 Å². The maximum Gasteiger partial charge on any atom is 0.315 e. The molecule has 1 rings (SSSR count). The molecular weight excluding hydrogens is 214 g/mol. The third kappa shape index (κ3) is 5.36. The van der Waals surface area contributed by atoms with Gasteiger partial charge in [0.25, 0.3) is 0 Å². The number of unbranched alkanes of at least 4 members (excludes halogenated alkanes) is 1. The number of benzene rings is 1. The summed E-state index contributed by atoms with van der Waals surface area (Å²) in [5.41, 5.74) is 7.69. The van der Waals surface area contributed by atoms with Gasteiger partial charge in [0.1, 0.15) is 0 Å². The molecule has 0 saturated heterocycles. The Labute approximate surface area is 103 Å². The Hall–Kier alpha value is -1.55. The Morgan fingerprint density at radius 3 is 2.41 bits per heavy atom. The van der Waals surface area contributed by atoms with Crippen molar-refractivity contribution in [3.05, 3.63) is 35.4 Å². The lowest BCUT2D eigenvalue weighted by atomic mass is 10.1. The van der Waals surface area contributed by atoms with E-state index in [0.717, 1.165) is 30.5 Å². The SMILES string of the molecule is CCCCNC(=O)NCc1ccc(CN)cc1. The Kier molecular flexibility index (Phi) is 6.10. The molecule has 0 fully saturated rings. The minimum absolute atomic E-state index is 0.110. The van der Waals surface area contributed by atoms with E-state index < -0.39 is 0 Å². The molecule has 4 heteroatoms. The van der Waals surface area contributed by atoms with Crippen molar-refractivity contribution in [3.8, 4) is 0 Å². The van der Waals surface area contributed by atoms with Gasteiger partial charge in [-0.25, -0.2) is 4.79 Å². The standard InChI is InChI=1S/C13H21N3O/c1-2-3-8-15-13(17)16-10-12-6-4-11(9-14)5-7-12/h4-7H,2-3,8-10,14H2,1H3,(H2,15,16,17). The van der Waals surface area contributed by atoms with Crippen molar-refractivity contribution in [1.29, 1.82) is 0 Å². The van der Waals surface area contributed by atoms with E-state index in [1.807, 2.05) is 24.3 Å². The van der Waals surface area contributed by atoms with Crippen LogP contribution in [0.1, 0.15) is 30.9 Å². The number of rotatable bonds is 6. The largest absolute Gasteiger partial charge is 0.338 e. The minimum atomic E-state index is -0.110. The van der Waals surface area contributed by atoms with Crippen LogP contribution >= 0.6 is 0 Å². The van der Waals surface area contributed by atoms with Crippen LogP contribution in [0.4, 0.5) is 4.79 Å². The van der Waals surface area contributed by atoms with Gasteiger partial charge < -0.3 is 16.4 Å². The molecule has 94 valence electrons. The van der Waals surface area contributed by atoms with E-state index >= 15 is 0 Å². The average molecular weight is 235 g/mol. The summed E-state index contributed by atoms with van der Waals surface area (Å²) in [6.07, 6.45) is 2.10. The van der Waals surface area contributed by atoms with Gasteiger partial charge in [0.15, 0.2) is 0 Å². The van der Waals surface area contributed by atoms with Crippen molar-refractivity contribution in [3.63, 3.8) is 0 Å². The van der Waals surface area contributed by atoms with Gasteiger partial charge in [-0.1, -0.05) is 37.6 Å². The van der Waals surface area contributed by atoms with Crippen LogP contribution in [0.15, 0.2) is 24.3 Å². The van der Waals surface area contributed by atoms with Crippen LogP contribution in [-0.4, -0.2) is 12.6 Å². The minimum Gasteiger partial charge on any atom is -0.338 e. The van der Waals surface area contributed by atoms with Crippen molar-refractivity contribution >= 4 is 6.03 Å². The third-order valence-electron chi connectivity index (χ3n) is 2.53. The summed E-state index contributed by atoms with van der Waals surface area (Å²) >= 11 is 0. The smallest absolute Gasteiger partial charge is 0.315 e. The zero-order valence-electron chi connectivity index (χ0n) is 10.3. The van der Waals surface area contributed by atoms with E-state index in [2.05, 4.69) is 17.6 Å². The molecule has 1 aromatic rings. The summed E-state index contributed by atoms with van der Waals surface area (Å²) in [6, 6.07) is 7.81. The molecule has 4 N–H and O–H groups in total. The summed E-state index contributed by atoms with van der Waals surface area (Å²) in [7, 11) is 0. The lowest BCUT2D eigenvalue weighted by Gasteiger charge is -2.07. The number of hydrogen-bond donors (Lipinski definition) is 3. The van der Waals surface area contributed by atoms with Crippen molar-refractivity contribution in [2.24, 2.45) is 5.73 Å². The maximum atomic E-state index is 11.4. The molecule has 0 spiro atoms. The van der Waals surface area contributed by atoms with Gasteiger partial charge >= 0.3 is 6.03 Å². The first kappa shape index (κ1) is 13.5. The Morgan fingerprint density at radius 1 is 1.18 bits per heavy atom. The van der Waals surface area contributed by atoms with E-state index in [9.17, 15) is 4.79 Å². The Bertz CT molecular complexity index is 335. The zero-order valence-corrected chi connectivity index (χ0v) is 10.3. The predicted molar refractivity (Wildman–Crippen MR) is 69.5 cm³/mol. The van der Waals surface area contributed by atoms with E-state index in [1.165, 1.54) is 0 Å². The number of nitrogens with one attached hydrogen (secondary N) is 2. The number of urea groups is 1. The Morgan fingerprint density at radius 2 is 1.82 bits per heavy atom. The average Bonchev–Trinajstić information content (AvgIpc) is 2.37. The highest BCUT2D eigenvalue weighted by Gasteiger charge is 1.99. The van der Waals surface area contributed by atoms with E-state index in [-0.39, 0.29) is 6.03 Å². The number of carbonyl (C=O) groups excluding carboxylic acids is 1. The van der Waals surface area contributed by atoms with E-state index in [1.54, 1.807) is 0 Å². The summed E-state index contributed by atoms with van der Waals surface area (Å²) in [4.78, 5) is 11.4. The Balaban J connectivity index is 2.27. The molecule has 17 heavy (non-hydrogen) atoms. The molecule has 0 saturated carbocycles. The van der Waals surface area contributed by atoms with Crippen molar-refractivity contribution in [2.75, 3.05) is 6.54 Å². The molecule has 0 aromatic heterocycles. The van der Waals surface area contributed by atoms with Gasteiger partial charge in [0.05, 0.1) is 0 Å². The molecule has 0 heterocycles. The topological polar surface area (TPSA) is 67.2 Å². The quantitative estimate of drug-likeness (QED) is 0.657. The highest BCUT2D eigenvalue weighted by Crippen LogP contribution is 2.03. The fourth-order valence-corrected chi connectivity index (χ4v) is 1.42. The van der Waals surface area contributed by atoms with Crippen LogP contribution in [0.25, 0.3) is 0 Å². The maximum absolute atomic E-state index is 11.4. The lowest BCUT2D eigenvalue weighted by Crippen LogP contribution is -2.35. The second-order valence-corrected chi connectivity index (χ2v) is 3.98. The molecular formula is C13H21N3O. The predicted octanol–water partition coefficient (Wildman–Crippen LogP) is 1.74. The van der Waals surface area contributed by atoms with Crippen LogP contribution in [0.3, 0.4) is 0 Å². The summed E-state index contributed by atoms with van der Waals surface area (Å²) < 4.78 is 0. The number of hydrogen-bond acceptors (Lipinski definition) is 2. The number of nitrogens with two attached hydrogens (primary N) is 1. The van der Waals surface area contributed by atoms with E-state index in [4.69, 9.17) is 5.73 Å². The van der Waals surface area contributed by atoms with Crippen LogP contribution in [0, 0.1) is 0 Å². The monoisotopic (exact) mass is 235 g/mol. The molecule has 0 bridgehead atoms. The van der Waals surface area contributed by atoms with Crippen molar-refractivity contribution < 1.29 is 4.79 Å². The fourth-order valence-electron chi connectivity index (χ4n) is 1.42. The molecule has 0 aliphatic rings. The van der Waals surface area contributed by atoms with Crippen molar-refractivity contribution in [2.45, 2.75) is 32.9 Å². The van der Waals surface area contributed by atoms with Crippen LogP contribution in [0.2, 0.25) is 0 Å². The highest BCUT2D eigenvalue weighted by atomic mass is 16.2. The third-order valence-corrected chi connectivity index (χ3v) is 2.53. The lowest BCUT2D eigenvalue weighted by molar-refractivity contribution is 0.240. The first-order valence-electron chi connectivity index (χ1n) is 6.06. The normalized spacial score (nSPS) is 10.0. The first-order valence-corrected chi connectivity index (χ1v) is 6.06. The van der Waals surface area contributed by atoms with Gasteiger partial charge in [-0.05, 0) is 17.5 Å². The van der Waals surface area contributed by atoms with Gasteiger partial charge in [-0.2, -0.15) is 0 Å². The van der Waals surface area contributed by atoms with E-state index in [0.29, 0.717) is 13.1 Å². The van der Waals surface area contributed by atoms with Crippen molar-refractivity contribution in [1.82, 2.24) is 10.6 Å². The fraction of sp³-hybridized carbons (Fsp3) is 0.462. The van der Waals surface area contributed by atoms with Gasteiger partial charge in [0, 0.05) is 19.6 Å². The van der Waals surface area contributed by atoms with Gasteiger partial charge in [0.2, 0.25) is 0 Å². The molecule has 1 aromatic carbocycles. The van der Waals surface area contributed by atoms with Gasteiger partial charge in [-0.3, -0.25) is 0 Å². The molecule has 0 unspecified atom stereocenters. The van der Waals surface area contributed by atoms with Crippen LogP contribution in [-0.2, 0) is 13.1 Å². The molecule has 4 nitrogen and oxygen atoms in total. The number of amides is 2. The molecule has 0 atom stereocenters. The summed E-state index contributed by atoms with van der Waals surface area (Å²) in [5.74, 6) is 0. The number of carbonyl (C=O) groups is 1. The second-order valence-electron chi connectivity index (χ2n) is 3.98. The highest BCUT2D eigenvalue weighted by molar-refractivity contribution is 5.73. The summed E-state index contributed by atoms with van der Waals surface area (Å²) in [6.45, 7) is 3.92. The van der Waals surface area contributed by atoms with Crippen LogP contribution < -0.4 is 16.4 Å². The summed E-state index contributed by atoms with van der Waals surface area (Å²) in [5, 5.41) is 5.62. The molecule has 0 aliphatic heterocycles. The zero-order chi connectivity index (χ0) is 12.5. The second kappa shape index (κ2) is 7.68. The molecule has 2 amide bonds. The first-order chi connectivity index (χ1) is 8.26. The molecule has 0 aliphatic carbocycles. The van der Waals surface area contributed by atoms with Gasteiger partial charge in [-0.15, -0.1) is 0 Å². The molecule has 0 radical (unpaired) electrons.